The Bertz CT molecular complexity index is 99.7. The minimum absolute atomic E-state index is 0.833. The van der Waals surface area contributed by atoms with Gasteiger partial charge in [-0.1, -0.05) is 20.8 Å². The molecular formula is C8H16N2. The van der Waals surface area contributed by atoms with Gasteiger partial charge in [-0.25, -0.2) is 4.99 Å². The Morgan fingerprint density at radius 2 is 1.90 bits per heavy atom. The van der Waals surface area contributed by atoms with Crippen LogP contribution in [0.15, 0.2) is 9.98 Å². The molecule has 0 aromatic carbocycles. The van der Waals surface area contributed by atoms with Crippen LogP contribution in [-0.4, -0.2) is 19.1 Å². The first kappa shape index (κ1) is 9.34. The van der Waals surface area contributed by atoms with Gasteiger partial charge in [0.1, 0.15) is 6.34 Å². The van der Waals surface area contributed by atoms with E-state index in [1.807, 2.05) is 6.21 Å². The number of hydrogen-bond acceptors (Lipinski definition) is 2. The van der Waals surface area contributed by atoms with Crippen LogP contribution in [0.25, 0.3) is 0 Å². The highest BCUT2D eigenvalue weighted by molar-refractivity contribution is 5.74. The van der Waals surface area contributed by atoms with Crippen molar-refractivity contribution in [3.05, 3.63) is 0 Å². The fourth-order valence-corrected chi connectivity index (χ4v) is 0.359. The van der Waals surface area contributed by atoms with E-state index in [-0.39, 0.29) is 0 Å². The van der Waals surface area contributed by atoms with Crippen LogP contribution in [-0.2, 0) is 0 Å². The summed E-state index contributed by atoms with van der Waals surface area (Å²) in [6.45, 7) is 7.42. The molecule has 0 saturated heterocycles. The standard InChI is InChI=1S/C4H6N2.C4H10/c1-2-5-4-6-3-1;1-4(2)3/h2,4H,1,3H2;4H,1-3H3. The van der Waals surface area contributed by atoms with Gasteiger partial charge < -0.3 is 0 Å². The summed E-state index contributed by atoms with van der Waals surface area (Å²) < 4.78 is 0. The largest absolute Gasteiger partial charge is 0.273 e. The Kier molecular flexibility index (Phi) is 6.03. The second-order valence-electron chi connectivity index (χ2n) is 2.87. The maximum Gasteiger partial charge on any atom is 0.109 e. The Labute approximate surface area is 63.1 Å². The van der Waals surface area contributed by atoms with Gasteiger partial charge in [0.2, 0.25) is 0 Å². The van der Waals surface area contributed by atoms with E-state index in [9.17, 15) is 0 Å². The summed E-state index contributed by atoms with van der Waals surface area (Å²) in [4.78, 5) is 7.61. The van der Waals surface area contributed by atoms with Crippen molar-refractivity contribution in [3.63, 3.8) is 0 Å². The van der Waals surface area contributed by atoms with Gasteiger partial charge in [-0.05, 0) is 5.92 Å². The summed E-state index contributed by atoms with van der Waals surface area (Å²) in [6, 6.07) is 0. The molecule has 0 N–H and O–H groups in total. The van der Waals surface area contributed by atoms with Crippen molar-refractivity contribution < 1.29 is 0 Å². The molecule has 10 heavy (non-hydrogen) atoms. The zero-order valence-corrected chi connectivity index (χ0v) is 7.04. The molecule has 2 heteroatoms. The molecule has 1 heterocycles. The second kappa shape index (κ2) is 6.46. The van der Waals surface area contributed by atoms with E-state index in [1.165, 1.54) is 0 Å². The molecule has 0 saturated carbocycles. The zero-order chi connectivity index (χ0) is 7.82. The summed E-state index contributed by atoms with van der Waals surface area (Å²) in [5.41, 5.74) is 0. The normalized spacial score (nSPS) is 14.8. The van der Waals surface area contributed by atoms with Crippen molar-refractivity contribution in [2.75, 3.05) is 6.54 Å². The highest BCUT2D eigenvalue weighted by Crippen LogP contribution is 1.81. The lowest BCUT2D eigenvalue weighted by atomic mass is 10.3. The second-order valence-corrected chi connectivity index (χ2v) is 2.87. The predicted molar refractivity (Wildman–Crippen MR) is 47.0 cm³/mol. The molecule has 0 fully saturated rings. The van der Waals surface area contributed by atoms with E-state index in [0.29, 0.717) is 0 Å². The predicted octanol–water partition coefficient (Wildman–Crippen LogP) is 2.15. The molecule has 0 aromatic heterocycles. The molecule has 0 atom stereocenters. The molecule has 0 radical (unpaired) electrons. The quantitative estimate of drug-likeness (QED) is 0.492. The molecular weight excluding hydrogens is 124 g/mol. The Morgan fingerprint density at radius 3 is 2.00 bits per heavy atom. The lowest BCUT2D eigenvalue weighted by Gasteiger charge is -1.88. The minimum Gasteiger partial charge on any atom is -0.273 e. The van der Waals surface area contributed by atoms with Gasteiger partial charge in [-0.2, -0.15) is 0 Å². The fraction of sp³-hybridized carbons (Fsp3) is 0.750. The van der Waals surface area contributed by atoms with Crippen molar-refractivity contribution in [1.82, 2.24) is 0 Å². The Hall–Kier alpha value is -0.660. The van der Waals surface area contributed by atoms with Crippen LogP contribution < -0.4 is 0 Å². The number of rotatable bonds is 0. The maximum atomic E-state index is 3.85. The van der Waals surface area contributed by atoms with E-state index in [2.05, 4.69) is 30.8 Å². The average Bonchev–Trinajstić information content (AvgIpc) is 1.90. The van der Waals surface area contributed by atoms with E-state index < -0.39 is 0 Å². The van der Waals surface area contributed by atoms with E-state index in [1.54, 1.807) is 6.34 Å². The molecule has 58 valence electrons. The van der Waals surface area contributed by atoms with Crippen molar-refractivity contribution in [3.8, 4) is 0 Å². The van der Waals surface area contributed by atoms with Gasteiger partial charge in [0.25, 0.3) is 0 Å². The van der Waals surface area contributed by atoms with Gasteiger partial charge in [0, 0.05) is 19.2 Å². The topological polar surface area (TPSA) is 24.7 Å². The molecule has 1 aliphatic heterocycles. The summed E-state index contributed by atoms with van der Waals surface area (Å²) in [5.74, 6) is 0.833. The number of aliphatic imine (C=N–C) groups is 2. The lowest BCUT2D eigenvalue weighted by molar-refractivity contribution is 0.737. The average molecular weight is 140 g/mol. The molecule has 2 nitrogen and oxygen atoms in total. The Balaban J connectivity index is 0.000000180. The van der Waals surface area contributed by atoms with Crippen molar-refractivity contribution >= 4 is 12.6 Å². The Morgan fingerprint density at radius 1 is 1.30 bits per heavy atom. The summed E-state index contributed by atoms with van der Waals surface area (Å²) in [5, 5.41) is 0. The van der Waals surface area contributed by atoms with E-state index in [0.717, 1.165) is 18.9 Å². The van der Waals surface area contributed by atoms with E-state index in [4.69, 9.17) is 0 Å². The van der Waals surface area contributed by atoms with Crippen molar-refractivity contribution in [1.29, 1.82) is 0 Å². The van der Waals surface area contributed by atoms with E-state index >= 15 is 0 Å². The summed E-state index contributed by atoms with van der Waals surface area (Å²) in [7, 11) is 0. The minimum atomic E-state index is 0.833. The third-order valence-electron chi connectivity index (χ3n) is 0.641. The zero-order valence-electron chi connectivity index (χ0n) is 7.04. The molecule has 0 unspecified atom stereocenters. The molecule has 1 aliphatic rings. The highest BCUT2D eigenvalue weighted by Gasteiger charge is 1.79. The molecule has 0 amide bonds. The maximum absolute atomic E-state index is 3.85. The van der Waals surface area contributed by atoms with Crippen LogP contribution in [0, 0.1) is 5.92 Å². The summed E-state index contributed by atoms with van der Waals surface area (Å²) >= 11 is 0. The SMILES string of the molecule is C1=NC=NCC1.CC(C)C. The third-order valence-corrected chi connectivity index (χ3v) is 0.641. The fourth-order valence-electron chi connectivity index (χ4n) is 0.359. The first-order valence-corrected chi connectivity index (χ1v) is 3.73. The van der Waals surface area contributed by atoms with Crippen molar-refractivity contribution in [2.24, 2.45) is 15.9 Å². The van der Waals surface area contributed by atoms with Crippen LogP contribution in [0.1, 0.15) is 27.2 Å². The van der Waals surface area contributed by atoms with Gasteiger partial charge >= 0.3 is 0 Å². The lowest BCUT2D eigenvalue weighted by Crippen LogP contribution is -1.87. The molecule has 1 rings (SSSR count). The van der Waals surface area contributed by atoms with Gasteiger partial charge in [0.15, 0.2) is 0 Å². The molecule has 0 bridgehead atoms. The molecule has 0 aromatic rings. The van der Waals surface area contributed by atoms with Gasteiger partial charge in [-0.3, -0.25) is 4.99 Å². The summed E-state index contributed by atoms with van der Waals surface area (Å²) in [6.07, 6.45) is 4.47. The monoisotopic (exact) mass is 140 g/mol. The van der Waals surface area contributed by atoms with Gasteiger partial charge in [0.05, 0.1) is 0 Å². The molecule has 0 aliphatic carbocycles. The smallest absolute Gasteiger partial charge is 0.109 e. The van der Waals surface area contributed by atoms with Crippen LogP contribution in [0.4, 0.5) is 0 Å². The third kappa shape index (κ3) is 10.3. The van der Waals surface area contributed by atoms with Crippen LogP contribution >= 0.6 is 0 Å². The van der Waals surface area contributed by atoms with Gasteiger partial charge in [-0.15, -0.1) is 0 Å². The van der Waals surface area contributed by atoms with Crippen LogP contribution in [0.2, 0.25) is 0 Å². The number of nitrogens with zero attached hydrogens (tertiary/aromatic N) is 2. The molecule has 0 spiro atoms. The highest BCUT2D eigenvalue weighted by atomic mass is 14.9. The van der Waals surface area contributed by atoms with Crippen LogP contribution in [0.3, 0.4) is 0 Å². The first-order valence-electron chi connectivity index (χ1n) is 3.73. The van der Waals surface area contributed by atoms with Crippen LogP contribution in [0.5, 0.6) is 0 Å². The number of hydrogen-bond donors (Lipinski definition) is 0. The van der Waals surface area contributed by atoms with Crippen molar-refractivity contribution in [2.45, 2.75) is 27.2 Å². The first-order chi connectivity index (χ1) is 4.73.